The van der Waals surface area contributed by atoms with E-state index < -0.39 is 0 Å². The lowest BCUT2D eigenvalue weighted by molar-refractivity contribution is 0.353. The molecule has 0 aliphatic carbocycles. The van der Waals surface area contributed by atoms with Gasteiger partial charge in [-0.1, -0.05) is 18.0 Å². The molecule has 1 atom stereocenters. The first-order valence-electron chi connectivity index (χ1n) is 2.94. The van der Waals surface area contributed by atoms with E-state index in [1.54, 1.807) is 6.92 Å². The topological polar surface area (TPSA) is 51.0 Å². The summed E-state index contributed by atoms with van der Waals surface area (Å²) >= 11 is 3.86. The Morgan fingerprint density at radius 2 is 2.40 bits per heavy atom. The Morgan fingerprint density at radius 3 is 2.80 bits per heavy atom. The van der Waals surface area contributed by atoms with Crippen molar-refractivity contribution in [2.45, 2.75) is 19.9 Å². The highest BCUT2D eigenvalue weighted by atomic mass is 32.1. The lowest BCUT2D eigenvalue weighted by Gasteiger charge is -1.99. The van der Waals surface area contributed by atoms with Gasteiger partial charge in [-0.05, 0) is 13.8 Å². The van der Waals surface area contributed by atoms with E-state index in [2.05, 4.69) is 27.7 Å². The fourth-order valence-corrected chi connectivity index (χ4v) is 0.655. The lowest BCUT2D eigenvalue weighted by Crippen LogP contribution is -2.06. The Hall–Kier alpha value is -0.550. The molecule has 0 spiro atoms. The summed E-state index contributed by atoms with van der Waals surface area (Å²) in [7, 11) is 0. The van der Waals surface area contributed by atoms with Gasteiger partial charge in [0, 0.05) is 0 Å². The Labute approximate surface area is 64.6 Å². The van der Waals surface area contributed by atoms with Crippen molar-refractivity contribution >= 4 is 12.8 Å². The zero-order valence-corrected chi connectivity index (χ0v) is 6.72. The third-order valence-electron chi connectivity index (χ3n) is 1.11. The molecule has 56 valence electrons. The highest BCUT2D eigenvalue weighted by Crippen LogP contribution is 2.08. The molecular formula is C5H9N3OS. The van der Waals surface area contributed by atoms with Crippen LogP contribution in [0.25, 0.3) is 0 Å². The average Bonchev–Trinajstić information content (AvgIpc) is 2.34. The van der Waals surface area contributed by atoms with Gasteiger partial charge in [-0.15, -0.1) is 0 Å². The van der Waals surface area contributed by atoms with Crippen molar-refractivity contribution in [2.24, 2.45) is 0 Å². The summed E-state index contributed by atoms with van der Waals surface area (Å²) in [5, 5.41) is 3.63. The number of thiol groups is 1. The Bertz CT molecular complexity index is 212. The molecule has 0 aliphatic heterocycles. The standard InChI is InChI=1S/C5H9N3OS/c1-3(8-10)5-6-4(2)7-9-5/h3,8,10H,1-2H3. The lowest BCUT2D eigenvalue weighted by atomic mass is 10.4. The molecule has 1 N–H and O–H groups in total. The Kier molecular flexibility index (Phi) is 2.29. The minimum Gasteiger partial charge on any atom is -0.338 e. The van der Waals surface area contributed by atoms with Gasteiger partial charge in [-0.25, -0.2) is 0 Å². The molecule has 0 radical (unpaired) electrons. The second-order valence-electron chi connectivity index (χ2n) is 2.03. The highest BCUT2D eigenvalue weighted by molar-refractivity contribution is 7.78. The number of hydrogen-bond acceptors (Lipinski definition) is 5. The fourth-order valence-electron chi connectivity index (χ4n) is 0.544. The molecular weight excluding hydrogens is 150 g/mol. The number of hydrogen-bond donors (Lipinski definition) is 2. The summed E-state index contributed by atoms with van der Waals surface area (Å²) in [5.74, 6) is 1.21. The number of nitrogens with one attached hydrogen (secondary N) is 1. The first-order chi connectivity index (χ1) is 4.74. The molecule has 1 rings (SSSR count). The van der Waals surface area contributed by atoms with Crippen LogP contribution in [0.5, 0.6) is 0 Å². The van der Waals surface area contributed by atoms with Crippen molar-refractivity contribution in [1.29, 1.82) is 0 Å². The molecule has 0 fully saturated rings. The molecule has 0 saturated heterocycles. The van der Waals surface area contributed by atoms with Gasteiger partial charge in [0.05, 0.1) is 6.04 Å². The molecule has 0 aromatic carbocycles. The van der Waals surface area contributed by atoms with Crippen molar-refractivity contribution < 1.29 is 4.52 Å². The van der Waals surface area contributed by atoms with Crippen LogP contribution in [-0.4, -0.2) is 10.1 Å². The molecule has 1 unspecified atom stereocenters. The number of rotatable bonds is 2. The van der Waals surface area contributed by atoms with Crippen LogP contribution in [0.15, 0.2) is 4.52 Å². The number of aryl methyl sites for hydroxylation is 1. The molecule has 1 heterocycles. The van der Waals surface area contributed by atoms with E-state index in [9.17, 15) is 0 Å². The fraction of sp³-hybridized carbons (Fsp3) is 0.600. The quantitative estimate of drug-likeness (QED) is 0.629. The average molecular weight is 159 g/mol. The predicted octanol–water partition coefficient (Wildman–Crippen LogP) is 0.873. The molecule has 1 aromatic heterocycles. The molecule has 5 heteroatoms. The van der Waals surface area contributed by atoms with E-state index in [1.165, 1.54) is 0 Å². The maximum atomic E-state index is 4.84. The van der Waals surface area contributed by atoms with E-state index in [0.717, 1.165) is 0 Å². The van der Waals surface area contributed by atoms with Crippen LogP contribution in [0.2, 0.25) is 0 Å². The summed E-state index contributed by atoms with van der Waals surface area (Å²) in [6, 6.07) is 0.00420. The molecule has 10 heavy (non-hydrogen) atoms. The first kappa shape index (κ1) is 7.56. The van der Waals surface area contributed by atoms with Crippen molar-refractivity contribution in [2.75, 3.05) is 0 Å². The third-order valence-corrected chi connectivity index (χ3v) is 1.49. The largest absolute Gasteiger partial charge is 0.338 e. The van der Waals surface area contributed by atoms with E-state index in [0.29, 0.717) is 11.7 Å². The summed E-state index contributed by atoms with van der Waals surface area (Å²) in [5.41, 5.74) is 0. The minimum absolute atomic E-state index is 0.00420. The molecule has 0 bridgehead atoms. The van der Waals surface area contributed by atoms with Crippen LogP contribution in [-0.2, 0) is 0 Å². The molecule has 0 saturated carbocycles. The zero-order valence-electron chi connectivity index (χ0n) is 5.83. The van der Waals surface area contributed by atoms with Crippen LogP contribution in [0.3, 0.4) is 0 Å². The van der Waals surface area contributed by atoms with Gasteiger partial charge in [-0.3, -0.25) is 4.72 Å². The van der Waals surface area contributed by atoms with Gasteiger partial charge < -0.3 is 4.52 Å². The summed E-state index contributed by atoms with van der Waals surface area (Å²) in [6.07, 6.45) is 0. The summed E-state index contributed by atoms with van der Waals surface area (Å²) in [4.78, 5) is 3.99. The first-order valence-corrected chi connectivity index (χ1v) is 3.38. The van der Waals surface area contributed by atoms with Gasteiger partial charge in [0.25, 0.3) is 0 Å². The van der Waals surface area contributed by atoms with E-state index in [-0.39, 0.29) is 6.04 Å². The Morgan fingerprint density at radius 1 is 1.70 bits per heavy atom. The van der Waals surface area contributed by atoms with Crippen molar-refractivity contribution in [1.82, 2.24) is 14.9 Å². The van der Waals surface area contributed by atoms with E-state index in [4.69, 9.17) is 4.52 Å². The maximum absolute atomic E-state index is 4.84. The van der Waals surface area contributed by atoms with Crippen molar-refractivity contribution in [3.05, 3.63) is 11.7 Å². The van der Waals surface area contributed by atoms with Crippen LogP contribution in [0, 0.1) is 6.92 Å². The van der Waals surface area contributed by atoms with Gasteiger partial charge >= 0.3 is 0 Å². The summed E-state index contributed by atoms with van der Waals surface area (Å²) in [6.45, 7) is 3.66. The molecule has 0 aliphatic rings. The van der Waals surface area contributed by atoms with Crippen molar-refractivity contribution in [3.8, 4) is 0 Å². The predicted molar refractivity (Wildman–Crippen MR) is 39.6 cm³/mol. The molecule has 4 nitrogen and oxygen atoms in total. The van der Waals surface area contributed by atoms with Crippen LogP contribution in [0.1, 0.15) is 24.7 Å². The molecule has 0 amide bonds. The van der Waals surface area contributed by atoms with E-state index >= 15 is 0 Å². The normalized spacial score (nSPS) is 13.5. The smallest absolute Gasteiger partial charge is 0.244 e. The zero-order chi connectivity index (χ0) is 7.56. The van der Waals surface area contributed by atoms with Gasteiger partial charge in [0.15, 0.2) is 5.82 Å². The Balaban J connectivity index is 2.74. The maximum Gasteiger partial charge on any atom is 0.244 e. The number of nitrogens with zero attached hydrogens (tertiary/aromatic N) is 2. The summed E-state index contributed by atoms with van der Waals surface area (Å²) < 4.78 is 7.54. The monoisotopic (exact) mass is 159 g/mol. The van der Waals surface area contributed by atoms with Gasteiger partial charge in [0.2, 0.25) is 5.89 Å². The van der Waals surface area contributed by atoms with E-state index in [1.807, 2.05) is 6.92 Å². The third kappa shape index (κ3) is 1.48. The van der Waals surface area contributed by atoms with Crippen LogP contribution in [0.4, 0.5) is 0 Å². The van der Waals surface area contributed by atoms with Crippen molar-refractivity contribution in [3.63, 3.8) is 0 Å². The van der Waals surface area contributed by atoms with Gasteiger partial charge in [-0.2, -0.15) is 4.98 Å². The highest BCUT2D eigenvalue weighted by Gasteiger charge is 2.09. The van der Waals surface area contributed by atoms with Gasteiger partial charge in [0.1, 0.15) is 0 Å². The second-order valence-corrected chi connectivity index (χ2v) is 2.29. The van der Waals surface area contributed by atoms with Crippen LogP contribution >= 0.6 is 12.8 Å². The SMILES string of the molecule is Cc1noc(C(C)NS)n1. The number of aromatic nitrogens is 2. The molecule has 1 aromatic rings. The minimum atomic E-state index is 0.00420. The second kappa shape index (κ2) is 3.03. The van der Waals surface area contributed by atoms with Crippen LogP contribution < -0.4 is 4.72 Å².